The summed E-state index contributed by atoms with van der Waals surface area (Å²) in [6.07, 6.45) is 0. The molecule has 1 aromatic heterocycles. The minimum atomic E-state index is -0.512. The quantitative estimate of drug-likeness (QED) is 0.413. The zero-order valence-corrected chi connectivity index (χ0v) is 19.0. The number of urea groups is 1. The molecule has 0 radical (unpaired) electrons. The van der Waals surface area contributed by atoms with Gasteiger partial charge in [-0.3, -0.25) is 9.13 Å². The van der Waals surface area contributed by atoms with Gasteiger partial charge in [-0.05, 0) is 49.4 Å². The zero-order valence-electron chi connectivity index (χ0n) is 19.0. The molecule has 2 N–H and O–H groups in total. The molecule has 3 aromatic carbocycles. The molecule has 0 fully saturated rings. The molecule has 2 amide bonds. The van der Waals surface area contributed by atoms with Crippen LogP contribution in [0.15, 0.2) is 71.5 Å². The van der Waals surface area contributed by atoms with Crippen LogP contribution < -0.4 is 21.1 Å². The summed E-state index contributed by atoms with van der Waals surface area (Å²) in [4.78, 5) is 37.0. The summed E-state index contributed by atoms with van der Waals surface area (Å²) in [5, 5.41) is 5.52. The lowest BCUT2D eigenvalue weighted by Crippen LogP contribution is -2.20. The Kier molecular flexibility index (Phi) is 6.35. The summed E-state index contributed by atoms with van der Waals surface area (Å²) in [5.41, 5.74) is 2.38. The summed E-state index contributed by atoms with van der Waals surface area (Å²) < 4.78 is 14.0. The van der Waals surface area contributed by atoms with E-state index in [1.54, 1.807) is 69.6 Å². The van der Waals surface area contributed by atoms with Crippen LogP contribution in [0.2, 0.25) is 0 Å². The number of hydrogen-bond donors (Lipinski definition) is 2. The molecule has 9 heteroatoms. The number of aromatic nitrogens is 2. The van der Waals surface area contributed by atoms with Crippen molar-refractivity contribution in [2.24, 2.45) is 14.1 Å². The molecule has 4 aromatic rings. The highest BCUT2D eigenvalue weighted by Gasteiger charge is 2.16. The van der Waals surface area contributed by atoms with E-state index in [-0.39, 0.29) is 12.3 Å². The van der Waals surface area contributed by atoms with Crippen LogP contribution in [0.3, 0.4) is 0 Å². The minimum absolute atomic E-state index is 0.191. The number of esters is 1. The Morgan fingerprint density at radius 1 is 0.882 bits per heavy atom. The Labute approximate surface area is 195 Å². The maximum atomic E-state index is 12.8. The van der Waals surface area contributed by atoms with E-state index >= 15 is 0 Å². The average molecular weight is 460 g/mol. The van der Waals surface area contributed by atoms with E-state index in [0.29, 0.717) is 39.5 Å². The lowest BCUT2D eigenvalue weighted by Gasteiger charge is -2.14. The van der Waals surface area contributed by atoms with Gasteiger partial charge in [0.2, 0.25) is 0 Å². The molecular weight excluding hydrogens is 436 g/mol. The van der Waals surface area contributed by atoms with Crippen molar-refractivity contribution in [3.63, 3.8) is 0 Å². The number of carbonyl (C=O) groups excluding carboxylic acids is 2. The minimum Gasteiger partial charge on any atom is -0.462 e. The van der Waals surface area contributed by atoms with Crippen LogP contribution in [0.5, 0.6) is 11.5 Å². The number of fused-ring (bicyclic) bond motifs is 1. The number of nitrogens with one attached hydrogen (secondary N) is 2. The number of anilines is 2. The van der Waals surface area contributed by atoms with E-state index in [2.05, 4.69) is 10.6 Å². The SMILES string of the molecule is CCOC(=O)c1ccc(NC(=O)Nc2cc3c(cc2Oc2ccccc2)n(C)c(=O)n3C)cc1. The fourth-order valence-electron chi connectivity index (χ4n) is 3.51. The number of imidazole rings is 1. The molecule has 0 spiro atoms. The predicted octanol–water partition coefficient (Wildman–Crippen LogP) is 4.49. The third-order valence-electron chi connectivity index (χ3n) is 5.25. The number of para-hydroxylation sites is 1. The van der Waals surface area contributed by atoms with Crippen molar-refractivity contribution < 1.29 is 19.1 Å². The zero-order chi connectivity index (χ0) is 24.2. The maximum Gasteiger partial charge on any atom is 0.338 e. The molecule has 0 saturated carbocycles. The summed E-state index contributed by atoms with van der Waals surface area (Å²) in [7, 11) is 3.34. The number of hydrogen-bond acceptors (Lipinski definition) is 5. The number of carbonyl (C=O) groups is 2. The van der Waals surface area contributed by atoms with Gasteiger partial charge in [-0.2, -0.15) is 0 Å². The van der Waals surface area contributed by atoms with Gasteiger partial charge in [0.1, 0.15) is 5.75 Å². The molecule has 0 atom stereocenters. The summed E-state index contributed by atoms with van der Waals surface area (Å²) >= 11 is 0. The monoisotopic (exact) mass is 460 g/mol. The fraction of sp³-hybridized carbons (Fsp3) is 0.160. The Morgan fingerprint density at radius 3 is 2.18 bits per heavy atom. The second kappa shape index (κ2) is 9.53. The first kappa shape index (κ1) is 22.7. The molecule has 34 heavy (non-hydrogen) atoms. The molecule has 0 aliphatic heterocycles. The molecule has 0 bridgehead atoms. The Bertz CT molecular complexity index is 1410. The molecule has 174 valence electrons. The third-order valence-corrected chi connectivity index (χ3v) is 5.25. The predicted molar refractivity (Wildman–Crippen MR) is 130 cm³/mol. The van der Waals surface area contributed by atoms with Crippen LogP contribution in [0, 0.1) is 0 Å². The molecule has 0 saturated heterocycles. The first-order valence-electron chi connectivity index (χ1n) is 10.6. The van der Waals surface area contributed by atoms with E-state index < -0.39 is 12.0 Å². The van der Waals surface area contributed by atoms with Crippen molar-refractivity contribution in [3.8, 4) is 11.5 Å². The van der Waals surface area contributed by atoms with E-state index in [4.69, 9.17) is 9.47 Å². The summed E-state index contributed by atoms with van der Waals surface area (Å²) in [6.45, 7) is 2.02. The number of ether oxygens (including phenoxy) is 2. The van der Waals surface area contributed by atoms with E-state index in [9.17, 15) is 14.4 Å². The largest absolute Gasteiger partial charge is 0.462 e. The van der Waals surface area contributed by atoms with Crippen LogP contribution in [0.4, 0.5) is 16.2 Å². The highest BCUT2D eigenvalue weighted by Crippen LogP contribution is 2.33. The molecule has 4 rings (SSSR count). The van der Waals surface area contributed by atoms with Gasteiger partial charge in [0.25, 0.3) is 0 Å². The number of benzene rings is 3. The van der Waals surface area contributed by atoms with E-state index in [1.807, 2.05) is 18.2 Å². The van der Waals surface area contributed by atoms with Gasteiger partial charge in [-0.25, -0.2) is 14.4 Å². The average Bonchev–Trinajstić information content (AvgIpc) is 3.04. The van der Waals surface area contributed by atoms with Gasteiger partial charge >= 0.3 is 17.7 Å². The van der Waals surface area contributed by atoms with Crippen molar-refractivity contribution in [2.45, 2.75) is 6.92 Å². The van der Waals surface area contributed by atoms with Crippen molar-refractivity contribution in [2.75, 3.05) is 17.2 Å². The van der Waals surface area contributed by atoms with Gasteiger partial charge < -0.3 is 20.1 Å². The number of aryl methyl sites for hydroxylation is 2. The molecule has 9 nitrogen and oxygen atoms in total. The fourth-order valence-corrected chi connectivity index (χ4v) is 3.51. The Balaban J connectivity index is 1.61. The lowest BCUT2D eigenvalue weighted by molar-refractivity contribution is 0.0526. The number of amides is 2. The normalized spacial score (nSPS) is 10.7. The molecule has 0 aliphatic carbocycles. The van der Waals surface area contributed by atoms with Crippen molar-refractivity contribution in [3.05, 3.63) is 82.8 Å². The van der Waals surface area contributed by atoms with Crippen LogP contribution >= 0.6 is 0 Å². The molecule has 1 heterocycles. The van der Waals surface area contributed by atoms with Gasteiger partial charge in [0, 0.05) is 25.8 Å². The third kappa shape index (κ3) is 4.63. The molecule has 0 unspecified atom stereocenters. The summed E-state index contributed by atoms with van der Waals surface area (Å²) in [6, 6.07) is 18.4. The maximum absolute atomic E-state index is 12.8. The Hall–Kier alpha value is -4.53. The van der Waals surface area contributed by atoms with E-state index in [1.165, 1.54) is 9.13 Å². The van der Waals surface area contributed by atoms with Gasteiger partial charge in [-0.1, -0.05) is 18.2 Å². The van der Waals surface area contributed by atoms with Gasteiger partial charge in [0.15, 0.2) is 5.75 Å². The van der Waals surface area contributed by atoms with Crippen LogP contribution in [-0.4, -0.2) is 27.7 Å². The van der Waals surface area contributed by atoms with Gasteiger partial charge in [0.05, 0.1) is 28.9 Å². The standard InChI is InChI=1S/C25H24N4O5/c1-4-33-23(30)16-10-12-17(13-11-16)26-24(31)27-19-14-20-21(29(3)25(32)28(20)2)15-22(19)34-18-8-6-5-7-9-18/h5-15H,4H2,1-3H3,(H2,26,27,31). The van der Waals surface area contributed by atoms with Crippen LogP contribution in [0.25, 0.3) is 11.0 Å². The smallest absolute Gasteiger partial charge is 0.338 e. The first-order chi connectivity index (χ1) is 16.4. The lowest BCUT2D eigenvalue weighted by atomic mass is 10.2. The number of nitrogens with zero attached hydrogens (tertiary/aromatic N) is 2. The first-order valence-corrected chi connectivity index (χ1v) is 10.6. The topological polar surface area (TPSA) is 104 Å². The molecule has 0 aliphatic rings. The van der Waals surface area contributed by atoms with Crippen LogP contribution in [0.1, 0.15) is 17.3 Å². The van der Waals surface area contributed by atoms with Crippen LogP contribution in [-0.2, 0) is 18.8 Å². The van der Waals surface area contributed by atoms with Gasteiger partial charge in [-0.15, -0.1) is 0 Å². The molecular formula is C25H24N4O5. The second-order valence-electron chi connectivity index (χ2n) is 7.53. The highest BCUT2D eigenvalue weighted by atomic mass is 16.5. The Morgan fingerprint density at radius 2 is 1.53 bits per heavy atom. The van der Waals surface area contributed by atoms with E-state index in [0.717, 1.165) is 0 Å². The van der Waals surface area contributed by atoms with Crippen molar-refractivity contribution in [1.29, 1.82) is 0 Å². The van der Waals surface area contributed by atoms with Crippen molar-refractivity contribution in [1.82, 2.24) is 9.13 Å². The second-order valence-corrected chi connectivity index (χ2v) is 7.53. The van der Waals surface area contributed by atoms with Crippen molar-refractivity contribution >= 4 is 34.4 Å². The number of rotatable bonds is 6. The summed E-state index contributed by atoms with van der Waals surface area (Å²) in [5.74, 6) is 0.538. The highest BCUT2D eigenvalue weighted by molar-refractivity contribution is 6.02.